The lowest BCUT2D eigenvalue weighted by molar-refractivity contribution is -0.139. The van der Waals surface area contributed by atoms with Crippen LogP contribution in [0.15, 0.2) is 47.5 Å². The number of hydrogen-bond acceptors (Lipinski definition) is 5. The fraction of sp³-hybridized carbons (Fsp3) is 0.375. The van der Waals surface area contributed by atoms with Crippen LogP contribution in [-0.4, -0.2) is 55.1 Å². The Hall–Kier alpha value is -3.43. The highest BCUT2D eigenvalue weighted by Crippen LogP contribution is 2.34. The van der Waals surface area contributed by atoms with Crippen molar-refractivity contribution in [3.63, 3.8) is 0 Å². The second kappa shape index (κ2) is 10.9. The minimum Gasteiger partial charge on any atom is -0.481 e. The van der Waals surface area contributed by atoms with Gasteiger partial charge in [-0.15, -0.1) is 0 Å². The molecule has 0 bridgehead atoms. The summed E-state index contributed by atoms with van der Waals surface area (Å²) in [5, 5.41) is 9.10. The number of carboxylic acid groups (broad SMARTS) is 1. The molecule has 0 aliphatic carbocycles. The number of carbonyl (C=O) groups is 2. The standard InChI is InChI=1S/C24H31N5O4/c1-28-20-10-9-17(6-3-16-4-7-18(8-5-16)14-27-24(25)26)13-19(20)23(33-2)29(15-21(28)30)12-11-22(31)32/h4-5,7-10,13,23H,3,6,11-12,14-15H2,1-2H3,(H,31,32)(H4,25,26,27). The lowest BCUT2D eigenvalue weighted by Gasteiger charge is -2.28. The molecular weight excluding hydrogens is 422 g/mol. The number of hydrogen-bond donors (Lipinski definition) is 3. The molecular formula is C24H31N5O4. The van der Waals surface area contributed by atoms with Crippen molar-refractivity contribution in [1.82, 2.24) is 4.90 Å². The molecule has 1 aliphatic rings. The van der Waals surface area contributed by atoms with Gasteiger partial charge in [-0.1, -0.05) is 30.3 Å². The van der Waals surface area contributed by atoms with Crippen molar-refractivity contribution in [2.24, 2.45) is 16.5 Å². The Kier molecular flexibility index (Phi) is 8.02. The van der Waals surface area contributed by atoms with Crippen LogP contribution in [0.25, 0.3) is 0 Å². The van der Waals surface area contributed by atoms with Gasteiger partial charge in [-0.3, -0.25) is 14.5 Å². The zero-order chi connectivity index (χ0) is 24.0. The third kappa shape index (κ3) is 6.30. The lowest BCUT2D eigenvalue weighted by Crippen LogP contribution is -2.38. The van der Waals surface area contributed by atoms with Gasteiger partial charge >= 0.3 is 5.97 Å². The van der Waals surface area contributed by atoms with Crippen molar-refractivity contribution in [1.29, 1.82) is 0 Å². The van der Waals surface area contributed by atoms with Crippen LogP contribution in [0.4, 0.5) is 5.69 Å². The first-order valence-electron chi connectivity index (χ1n) is 10.8. The summed E-state index contributed by atoms with van der Waals surface area (Å²) in [6, 6.07) is 14.2. The molecule has 5 N–H and O–H groups in total. The maximum absolute atomic E-state index is 12.7. The Morgan fingerprint density at radius 3 is 2.39 bits per heavy atom. The zero-order valence-electron chi connectivity index (χ0n) is 19.0. The molecule has 0 radical (unpaired) electrons. The van der Waals surface area contributed by atoms with Crippen LogP contribution in [0.1, 0.15) is 34.9 Å². The Morgan fingerprint density at radius 2 is 1.76 bits per heavy atom. The van der Waals surface area contributed by atoms with E-state index in [-0.39, 0.29) is 31.4 Å². The van der Waals surface area contributed by atoms with Crippen molar-refractivity contribution in [3.8, 4) is 0 Å². The summed E-state index contributed by atoms with van der Waals surface area (Å²) in [4.78, 5) is 31.2. The molecule has 9 heteroatoms. The number of anilines is 1. The number of aryl methyl sites for hydroxylation is 2. The molecule has 1 heterocycles. The van der Waals surface area contributed by atoms with Gasteiger partial charge in [0.15, 0.2) is 5.96 Å². The second-order valence-corrected chi connectivity index (χ2v) is 8.11. The number of ether oxygens (including phenoxy) is 1. The maximum Gasteiger partial charge on any atom is 0.304 e. The van der Waals surface area contributed by atoms with Gasteiger partial charge in [0.25, 0.3) is 0 Å². The molecule has 0 saturated carbocycles. The predicted octanol–water partition coefficient (Wildman–Crippen LogP) is 1.64. The van der Waals surface area contributed by atoms with E-state index in [9.17, 15) is 9.59 Å². The number of guanidine groups is 1. The average Bonchev–Trinajstić information content (AvgIpc) is 2.89. The molecule has 0 aromatic heterocycles. The van der Waals surface area contributed by atoms with Gasteiger partial charge in [0.05, 0.1) is 25.2 Å². The Bertz CT molecular complexity index is 1020. The number of amides is 1. The molecule has 1 unspecified atom stereocenters. The minimum absolute atomic E-state index is 0.0644. The number of methoxy groups -OCH3 is 1. The third-order valence-electron chi connectivity index (χ3n) is 5.77. The van der Waals surface area contributed by atoms with Crippen molar-refractivity contribution in [2.45, 2.75) is 32.0 Å². The highest BCUT2D eigenvalue weighted by Gasteiger charge is 2.32. The number of nitrogens with zero attached hydrogens (tertiary/aromatic N) is 3. The number of aliphatic imine (C=N–C) groups is 1. The molecule has 2 aromatic rings. The molecule has 0 fully saturated rings. The van der Waals surface area contributed by atoms with Gasteiger partial charge in [-0.05, 0) is 41.7 Å². The summed E-state index contributed by atoms with van der Waals surface area (Å²) in [6.07, 6.45) is 1.09. The number of nitrogens with two attached hydrogens (primary N) is 2. The molecule has 33 heavy (non-hydrogen) atoms. The van der Waals surface area contributed by atoms with Crippen molar-refractivity contribution >= 4 is 23.5 Å². The van der Waals surface area contributed by atoms with Crippen LogP contribution >= 0.6 is 0 Å². The SMILES string of the molecule is COC1c2cc(CCc3ccc(CN=C(N)N)cc3)ccc2N(C)C(=O)CN1CCC(=O)O. The van der Waals surface area contributed by atoms with E-state index in [1.807, 2.05) is 24.3 Å². The van der Waals surface area contributed by atoms with Crippen LogP contribution in [-0.2, 0) is 33.7 Å². The first kappa shape index (κ1) is 24.2. The molecule has 176 valence electrons. The highest BCUT2D eigenvalue weighted by molar-refractivity contribution is 5.96. The van der Waals surface area contributed by atoms with E-state index in [1.165, 1.54) is 5.56 Å². The number of rotatable bonds is 9. The molecule has 1 aliphatic heterocycles. The van der Waals surface area contributed by atoms with Gasteiger partial charge in [-0.2, -0.15) is 0 Å². The number of carboxylic acids is 1. The number of fused-ring (bicyclic) bond motifs is 1. The molecule has 0 spiro atoms. The maximum atomic E-state index is 12.7. The first-order chi connectivity index (χ1) is 15.8. The van der Waals surface area contributed by atoms with Crippen molar-refractivity contribution in [3.05, 3.63) is 64.7 Å². The van der Waals surface area contributed by atoms with Gasteiger partial charge in [0, 0.05) is 26.3 Å². The predicted molar refractivity (Wildman–Crippen MR) is 127 cm³/mol. The van der Waals surface area contributed by atoms with Gasteiger partial charge in [-0.25, -0.2) is 4.99 Å². The van der Waals surface area contributed by atoms with E-state index in [4.69, 9.17) is 21.3 Å². The fourth-order valence-electron chi connectivity index (χ4n) is 3.95. The Labute approximate surface area is 193 Å². The molecule has 2 aromatic carbocycles. The van der Waals surface area contributed by atoms with Crippen LogP contribution in [0.2, 0.25) is 0 Å². The number of likely N-dealkylation sites (N-methyl/N-ethyl adjacent to an activating group) is 1. The van der Waals surface area contributed by atoms with E-state index in [0.29, 0.717) is 6.54 Å². The van der Waals surface area contributed by atoms with Crippen molar-refractivity contribution in [2.75, 3.05) is 32.1 Å². The van der Waals surface area contributed by atoms with Gasteiger partial charge < -0.3 is 26.2 Å². The Morgan fingerprint density at radius 1 is 1.12 bits per heavy atom. The minimum atomic E-state index is -0.909. The van der Waals surface area contributed by atoms with Crippen LogP contribution in [0.3, 0.4) is 0 Å². The van der Waals surface area contributed by atoms with Gasteiger partial charge in [0.2, 0.25) is 5.91 Å². The van der Waals surface area contributed by atoms with E-state index in [2.05, 4.69) is 23.2 Å². The van der Waals surface area contributed by atoms with Crippen LogP contribution < -0.4 is 16.4 Å². The summed E-state index contributed by atoms with van der Waals surface area (Å²) in [7, 11) is 3.31. The number of carbonyl (C=O) groups excluding carboxylic acids is 1. The fourth-order valence-corrected chi connectivity index (χ4v) is 3.95. The highest BCUT2D eigenvalue weighted by atomic mass is 16.5. The molecule has 0 saturated heterocycles. The number of aliphatic carboxylic acids is 1. The average molecular weight is 454 g/mol. The molecule has 1 amide bonds. The largest absolute Gasteiger partial charge is 0.481 e. The zero-order valence-corrected chi connectivity index (χ0v) is 19.0. The summed E-state index contributed by atoms with van der Waals surface area (Å²) < 4.78 is 5.74. The smallest absolute Gasteiger partial charge is 0.304 e. The van der Waals surface area contributed by atoms with Crippen LogP contribution in [0.5, 0.6) is 0 Å². The number of benzene rings is 2. The monoisotopic (exact) mass is 453 g/mol. The molecule has 1 atom stereocenters. The second-order valence-electron chi connectivity index (χ2n) is 8.11. The summed E-state index contributed by atoms with van der Waals surface area (Å²) >= 11 is 0. The van der Waals surface area contributed by atoms with E-state index in [0.717, 1.165) is 35.2 Å². The summed E-state index contributed by atoms with van der Waals surface area (Å²) in [5.41, 5.74) is 15.7. The topological polar surface area (TPSA) is 134 Å². The third-order valence-corrected chi connectivity index (χ3v) is 5.77. The Balaban J connectivity index is 1.77. The summed E-state index contributed by atoms with van der Waals surface area (Å²) in [6.45, 7) is 0.776. The first-order valence-corrected chi connectivity index (χ1v) is 10.8. The van der Waals surface area contributed by atoms with Crippen molar-refractivity contribution < 1.29 is 19.4 Å². The lowest BCUT2D eigenvalue weighted by atomic mass is 9.99. The molecule has 3 rings (SSSR count). The molecule has 9 nitrogen and oxygen atoms in total. The van der Waals surface area contributed by atoms with Crippen LogP contribution in [0, 0.1) is 0 Å². The van der Waals surface area contributed by atoms with E-state index >= 15 is 0 Å². The van der Waals surface area contributed by atoms with Gasteiger partial charge in [0.1, 0.15) is 6.23 Å². The van der Waals surface area contributed by atoms with E-state index in [1.54, 1.807) is 24.0 Å². The normalized spacial score (nSPS) is 16.2. The quantitative estimate of drug-likeness (QED) is 0.388. The summed E-state index contributed by atoms with van der Waals surface area (Å²) in [5.74, 6) is -0.937. The van der Waals surface area contributed by atoms with E-state index < -0.39 is 12.2 Å².